The molecule has 0 bridgehead atoms. The second-order valence-electron chi connectivity index (χ2n) is 6.77. The molecule has 0 aromatic heterocycles. The zero-order chi connectivity index (χ0) is 19.8. The number of hydrogen-bond acceptors (Lipinski definition) is 3. The van der Waals surface area contributed by atoms with E-state index in [1.165, 1.54) is 24.2 Å². The molecule has 1 saturated heterocycles. The Hall–Kier alpha value is -2.70. The summed E-state index contributed by atoms with van der Waals surface area (Å²) in [6.07, 6.45) is 3.04. The lowest BCUT2D eigenvalue weighted by atomic mass is 10.1. The third-order valence-corrected chi connectivity index (χ3v) is 4.81. The number of morpholine rings is 1. The van der Waals surface area contributed by atoms with Gasteiger partial charge in [0.15, 0.2) is 11.6 Å². The molecule has 1 atom stereocenters. The van der Waals surface area contributed by atoms with Crippen LogP contribution in [0.5, 0.6) is 5.75 Å². The van der Waals surface area contributed by atoms with Gasteiger partial charge in [0.05, 0.1) is 20.3 Å². The SMILES string of the molecule is COc1ccc(/C=C/C(=O)N[C@@H](C[NH+]2CCOCC2)c2ccccc2)cc1F. The molecule has 1 heterocycles. The Bertz CT molecular complexity index is 805. The molecule has 1 aliphatic heterocycles. The van der Waals surface area contributed by atoms with Crippen LogP contribution in [0.2, 0.25) is 0 Å². The molecule has 0 radical (unpaired) electrons. The molecule has 0 aliphatic carbocycles. The molecule has 148 valence electrons. The van der Waals surface area contributed by atoms with Crippen molar-refractivity contribution in [3.8, 4) is 5.75 Å². The highest BCUT2D eigenvalue weighted by molar-refractivity contribution is 5.92. The molecule has 6 heteroatoms. The topological polar surface area (TPSA) is 52.0 Å². The van der Waals surface area contributed by atoms with E-state index in [1.807, 2.05) is 30.3 Å². The zero-order valence-corrected chi connectivity index (χ0v) is 16.0. The minimum atomic E-state index is -0.455. The summed E-state index contributed by atoms with van der Waals surface area (Å²) in [4.78, 5) is 13.9. The molecule has 28 heavy (non-hydrogen) atoms. The van der Waals surface area contributed by atoms with E-state index < -0.39 is 5.82 Å². The van der Waals surface area contributed by atoms with Gasteiger partial charge in [-0.15, -0.1) is 0 Å². The van der Waals surface area contributed by atoms with Crippen LogP contribution in [0.15, 0.2) is 54.6 Å². The molecular weight excluding hydrogens is 359 g/mol. The number of methoxy groups -OCH3 is 1. The Morgan fingerprint density at radius 1 is 1.25 bits per heavy atom. The lowest BCUT2D eigenvalue weighted by Gasteiger charge is -2.28. The van der Waals surface area contributed by atoms with Crippen molar-refractivity contribution in [2.75, 3.05) is 40.0 Å². The summed E-state index contributed by atoms with van der Waals surface area (Å²) in [7, 11) is 1.42. The first kappa shape index (κ1) is 20.0. The van der Waals surface area contributed by atoms with Gasteiger partial charge in [-0.3, -0.25) is 4.79 Å². The van der Waals surface area contributed by atoms with Crippen LogP contribution in [0, 0.1) is 5.82 Å². The Labute approximate surface area is 164 Å². The van der Waals surface area contributed by atoms with Gasteiger partial charge >= 0.3 is 0 Å². The van der Waals surface area contributed by atoms with Crippen molar-refractivity contribution in [2.24, 2.45) is 0 Å². The summed E-state index contributed by atoms with van der Waals surface area (Å²) in [5, 5.41) is 3.08. The van der Waals surface area contributed by atoms with Gasteiger partial charge in [0.25, 0.3) is 0 Å². The molecule has 3 rings (SSSR count). The lowest BCUT2D eigenvalue weighted by molar-refractivity contribution is -0.909. The Kier molecular flexibility index (Phi) is 7.17. The number of quaternary nitrogens is 1. The fraction of sp³-hybridized carbons (Fsp3) is 0.318. The predicted octanol–water partition coefficient (Wildman–Crippen LogP) is 1.62. The van der Waals surface area contributed by atoms with Crippen LogP contribution >= 0.6 is 0 Å². The summed E-state index contributed by atoms with van der Waals surface area (Å²) < 4.78 is 24.1. The molecule has 1 fully saturated rings. The highest BCUT2D eigenvalue weighted by Gasteiger charge is 2.22. The first-order valence-corrected chi connectivity index (χ1v) is 9.44. The first-order chi connectivity index (χ1) is 13.7. The van der Waals surface area contributed by atoms with Crippen molar-refractivity contribution in [2.45, 2.75) is 6.04 Å². The number of benzene rings is 2. The average molecular weight is 385 g/mol. The average Bonchev–Trinajstić information content (AvgIpc) is 2.73. The summed E-state index contributed by atoms with van der Waals surface area (Å²) in [6, 6.07) is 14.4. The maximum Gasteiger partial charge on any atom is 0.244 e. The molecule has 1 aliphatic rings. The van der Waals surface area contributed by atoms with Crippen LogP contribution in [0.1, 0.15) is 17.2 Å². The Morgan fingerprint density at radius 2 is 2.00 bits per heavy atom. The molecule has 2 aromatic carbocycles. The van der Waals surface area contributed by atoms with E-state index in [1.54, 1.807) is 18.2 Å². The maximum atomic E-state index is 13.8. The highest BCUT2D eigenvalue weighted by Crippen LogP contribution is 2.18. The molecular formula is C22H26FN2O3+. The van der Waals surface area contributed by atoms with Crippen molar-refractivity contribution in [1.82, 2.24) is 5.32 Å². The van der Waals surface area contributed by atoms with Crippen molar-refractivity contribution < 1.29 is 23.6 Å². The van der Waals surface area contributed by atoms with Gasteiger partial charge < -0.3 is 19.7 Å². The van der Waals surface area contributed by atoms with Gasteiger partial charge in [-0.05, 0) is 29.3 Å². The van der Waals surface area contributed by atoms with E-state index in [2.05, 4.69) is 5.32 Å². The molecule has 2 aromatic rings. The fourth-order valence-electron chi connectivity index (χ4n) is 3.27. The molecule has 2 N–H and O–H groups in total. The molecule has 5 nitrogen and oxygen atoms in total. The molecule has 1 amide bonds. The van der Waals surface area contributed by atoms with Gasteiger partial charge in [-0.1, -0.05) is 36.4 Å². The van der Waals surface area contributed by atoms with Crippen LogP contribution in [0.4, 0.5) is 4.39 Å². The van der Waals surface area contributed by atoms with E-state index in [4.69, 9.17) is 9.47 Å². The van der Waals surface area contributed by atoms with Crippen molar-refractivity contribution in [1.29, 1.82) is 0 Å². The smallest absolute Gasteiger partial charge is 0.244 e. The largest absolute Gasteiger partial charge is 0.494 e. The standard InChI is InChI=1S/C22H25FN2O3/c1-27-21-9-7-17(15-19(21)23)8-10-22(26)24-20(18-5-3-2-4-6-18)16-25-11-13-28-14-12-25/h2-10,15,20H,11-14,16H2,1H3,(H,24,26)/p+1/b10-8+/t20-/m0/s1. The predicted molar refractivity (Wildman–Crippen MR) is 106 cm³/mol. The van der Waals surface area contributed by atoms with Gasteiger partial charge in [-0.2, -0.15) is 0 Å². The molecule has 0 saturated carbocycles. The minimum absolute atomic E-state index is 0.0981. The van der Waals surface area contributed by atoms with E-state index >= 15 is 0 Å². The monoisotopic (exact) mass is 385 g/mol. The van der Waals surface area contributed by atoms with Gasteiger partial charge in [0.1, 0.15) is 25.7 Å². The van der Waals surface area contributed by atoms with Crippen LogP contribution in [0.3, 0.4) is 0 Å². The first-order valence-electron chi connectivity index (χ1n) is 9.44. The Balaban J connectivity index is 1.67. The number of nitrogens with one attached hydrogen (secondary N) is 2. The molecule has 0 unspecified atom stereocenters. The summed E-state index contributed by atoms with van der Waals surface area (Å²) in [5.74, 6) is -0.486. The number of halogens is 1. The van der Waals surface area contributed by atoms with Crippen LogP contribution < -0.4 is 15.0 Å². The quantitative estimate of drug-likeness (QED) is 0.713. The number of rotatable bonds is 7. The van der Waals surface area contributed by atoms with E-state index in [9.17, 15) is 9.18 Å². The van der Waals surface area contributed by atoms with Crippen LogP contribution in [-0.2, 0) is 9.53 Å². The van der Waals surface area contributed by atoms with Gasteiger partial charge in [0, 0.05) is 6.08 Å². The van der Waals surface area contributed by atoms with Crippen LogP contribution in [-0.4, -0.2) is 45.9 Å². The van der Waals surface area contributed by atoms with Crippen LogP contribution in [0.25, 0.3) is 6.08 Å². The van der Waals surface area contributed by atoms with E-state index in [0.717, 1.165) is 38.4 Å². The normalized spacial score (nSPS) is 16.1. The van der Waals surface area contributed by atoms with E-state index in [-0.39, 0.29) is 17.7 Å². The minimum Gasteiger partial charge on any atom is -0.494 e. The maximum absolute atomic E-state index is 13.8. The third kappa shape index (κ3) is 5.65. The number of ether oxygens (including phenoxy) is 2. The fourth-order valence-corrected chi connectivity index (χ4v) is 3.27. The zero-order valence-electron chi connectivity index (χ0n) is 16.0. The summed E-state index contributed by atoms with van der Waals surface area (Å²) in [5.41, 5.74) is 1.67. The Morgan fingerprint density at radius 3 is 2.68 bits per heavy atom. The highest BCUT2D eigenvalue weighted by atomic mass is 19.1. The second kappa shape index (κ2) is 10.0. The second-order valence-corrected chi connectivity index (χ2v) is 6.77. The number of amides is 1. The summed E-state index contributed by atoms with van der Waals surface area (Å²) >= 11 is 0. The summed E-state index contributed by atoms with van der Waals surface area (Å²) in [6.45, 7) is 4.14. The van der Waals surface area contributed by atoms with Crippen molar-refractivity contribution in [3.05, 3.63) is 71.6 Å². The number of carbonyl (C=O) groups is 1. The lowest BCUT2D eigenvalue weighted by Crippen LogP contribution is -3.14. The van der Waals surface area contributed by atoms with Gasteiger partial charge in [-0.25, -0.2) is 4.39 Å². The number of hydrogen-bond donors (Lipinski definition) is 2. The van der Waals surface area contributed by atoms with Gasteiger partial charge in [0.2, 0.25) is 5.91 Å². The van der Waals surface area contributed by atoms with Crippen molar-refractivity contribution >= 4 is 12.0 Å². The van der Waals surface area contributed by atoms with Crippen molar-refractivity contribution in [3.63, 3.8) is 0 Å². The molecule has 0 spiro atoms. The van der Waals surface area contributed by atoms with E-state index in [0.29, 0.717) is 5.56 Å². The third-order valence-electron chi connectivity index (χ3n) is 4.81. The number of carbonyl (C=O) groups excluding carboxylic acids is 1.